The molecule has 0 aromatic heterocycles. The highest BCUT2D eigenvalue weighted by molar-refractivity contribution is 7.98. The van der Waals surface area contributed by atoms with Gasteiger partial charge in [0.25, 0.3) is 5.91 Å². The van der Waals surface area contributed by atoms with Gasteiger partial charge in [0.15, 0.2) is 0 Å². The number of rotatable bonds is 6. The van der Waals surface area contributed by atoms with Gasteiger partial charge in [-0.2, -0.15) is 0 Å². The number of anilines is 1. The number of methoxy groups -OCH3 is 1. The first-order chi connectivity index (χ1) is 12.5. The number of carbonyl (C=O) groups is 1. The zero-order chi connectivity index (χ0) is 18.7. The molecule has 2 aromatic carbocycles. The van der Waals surface area contributed by atoms with E-state index in [9.17, 15) is 4.79 Å². The van der Waals surface area contributed by atoms with Gasteiger partial charge in [0.05, 0.1) is 25.0 Å². The van der Waals surface area contributed by atoms with Crippen molar-refractivity contribution in [1.29, 1.82) is 0 Å². The molecule has 138 valence electrons. The lowest BCUT2D eigenvalue weighted by molar-refractivity contribution is 0.102. The molecule has 1 heterocycles. The summed E-state index contributed by atoms with van der Waals surface area (Å²) < 4.78 is 16.9. The summed E-state index contributed by atoms with van der Waals surface area (Å²) in [7, 11) is 1.56. The van der Waals surface area contributed by atoms with Crippen LogP contribution in [0.25, 0.3) is 0 Å². The Labute approximate surface area is 158 Å². The summed E-state index contributed by atoms with van der Waals surface area (Å²) in [6, 6.07) is 9.32. The van der Waals surface area contributed by atoms with Gasteiger partial charge in [-0.3, -0.25) is 4.79 Å². The maximum atomic E-state index is 12.8. The highest BCUT2D eigenvalue weighted by atomic mass is 32.2. The van der Waals surface area contributed by atoms with Gasteiger partial charge in [0.1, 0.15) is 23.4 Å². The normalized spacial score (nSPS) is 15.2. The maximum absolute atomic E-state index is 12.8. The molecule has 1 atom stereocenters. The van der Waals surface area contributed by atoms with Crippen LogP contribution in [0.1, 0.15) is 29.8 Å². The molecule has 0 fully saturated rings. The average Bonchev–Trinajstić information content (AvgIpc) is 3.00. The fourth-order valence-electron chi connectivity index (χ4n) is 2.99. The first-order valence-corrected chi connectivity index (χ1v) is 9.78. The number of benzene rings is 2. The van der Waals surface area contributed by atoms with Crippen LogP contribution >= 0.6 is 11.8 Å². The number of ether oxygens (including phenoxy) is 3. The number of carbonyl (C=O) groups excluding carboxylic acids is 1. The largest absolute Gasteiger partial charge is 0.496 e. The average molecular weight is 373 g/mol. The second kappa shape index (κ2) is 7.91. The van der Waals surface area contributed by atoms with Gasteiger partial charge in [-0.25, -0.2) is 0 Å². The van der Waals surface area contributed by atoms with Crippen molar-refractivity contribution in [2.24, 2.45) is 0 Å². The van der Waals surface area contributed by atoms with E-state index in [1.807, 2.05) is 44.4 Å². The molecule has 26 heavy (non-hydrogen) atoms. The topological polar surface area (TPSA) is 56.8 Å². The summed E-state index contributed by atoms with van der Waals surface area (Å²) in [6.07, 6.45) is 2.95. The van der Waals surface area contributed by atoms with Crippen molar-refractivity contribution in [1.82, 2.24) is 0 Å². The summed E-state index contributed by atoms with van der Waals surface area (Å²) in [6.45, 7) is 4.46. The van der Waals surface area contributed by atoms with Crippen molar-refractivity contribution in [2.45, 2.75) is 31.3 Å². The van der Waals surface area contributed by atoms with Gasteiger partial charge in [0, 0.05) is 22.9 Å². The van der Waals surface area contributed by atoms with E-state index in [2.05, 4.69) is 5.32 Å². The molecule has 0 unspecified atom stereocenters. The second-order valence-electron chi connectivity index (χ2n) is 6.04. The van der Waals surface area contributed by atoms with Crippen LogP contribution in [0.2, 0.25) is 0 Å². The van der Waals surface area contributed by atoms with E-state index in [0.29, 0.717) is 29.4 Å². The highest BCUT2D eigenvalue weighted by Crippen LogP contribution is 2.38. The number of amides is 1. The smallest absolute Gasteiger partial charge is 0.259 e. The van der Waals surface area contributed by atoms with Crippen molar-refractivity contribution in [2.75, 3.05) is 25.3 Å². The van der Waals surface area contributed by atoms with E-state index in [1.54, 1.807) is 24.9 Å². The first-order valence-electron chi connectivity index (χ1n) is 8.55. The van der Waals surface area contributed by atoms with E-state index in [1.165, 1.54) is 0 Å². The van der Waals surface area contributed by atoms with E-state index in [4.69, 9.17) is 14.2 Å². The molecule has 0 aliphatic carbocycles. The molecule has 5 nitrogen and oxygen atoms in total. The van der Waals surface area contributed by atoms with Crippen molar-refractivity contribution >= 4 is 23.4 Å². The molecule has 0 radical (unpaired) electrons. The third kappa shape index (κ3) is 3.75. The number of nitrogens with one attached hydrogen (secondary N) is 1. The Morgan fingerprint density at radius 1 is 1.31 bits per heavy atom. The van der Waals surface area contributed by atoms with Gasteiger partial charge < -0.3 is 19.5 Å². The molecular formula is C20H23NO4S. The Bertz CT molecular complexity index is 822. The molecule has 0 spiro atoms. The van der Waals surface area contributed by atoms with Crippen molar-refractivity contribution in [3.63, 3.8) is 0 Å². The summed E-state index contributed by atoms with van der Waals surface area (Å²) in [4.78, 5) is 13.9. The van der Waals surface area contributed by atoms with Gasteiger partial charge in [-0.1, -0.05) is 0 Å². The van der Waals surface area contributed by atoms with Gasteiger partial charge in [-0.05, 0) is 44.4 Å². The quantitative estimate of drug-likeness (QED) is 0.761. The van der Waals surface area contributed by atoms with E-state index in [-0.39, 0.29) is 12.0 Å². The van der Waals surface area contributed by atoms with Crippen LogP contribution in [0.15, 0.2) is 35.2 Å². The molecule has 0 saturated heterocycles. The lowest BCUT2D eigenvalue weighted by Crippen LogP contribution is -2.14. The molecule has 1 N–H and O–H groups in total. The maximum Gasteiger partial charge on any atom is 0.259 e. The summed E-state index contributed by atoms with van der Waals surface area (Å²) >= 11 is 1.60. The fourth-order valence-corrected chi connectivity index (χ4v) is 3.42. The first kappa shape index (κ1) is 18.5. The van der Waals surface area contributed by atoms with Crippen LogP contribution in [0.3, 0.4) is 0 Å². The minimum atomic E-state index is -0.249. The third-order valence-corrected chi connectivity index (χ3v) is 4.92. The Kier molecular flexibility index (Phi) is 5.61. The number of fused-ring (bicyclic) bond motifs is 1. The van der Waals surface area contributed by atoms with Crippen LogP contribution in [0, 0.1) is 0 Å². The monoisotopic (exact) mass is 373 g/mol. The number of thioether (sulfide) groups is 1. The molecule has 1 amide bonds. The molecular weight excluding hydrogens is 350 g/mol. The zero-order valence-electron chi connectivity index (χ0n) is 15.4. The molecule has 1 aliphatic rings. The predicted octanol–water partition coefficient (Wildman–Crippen LogP) is 4.39. The van der Waals surface area contributed by atoms with Crippen LogP contribution in [-0.4, -0.2) is 32.0 Å². The molecule has 0 bridgehead atoms. The zero-order valence-corrected chi connectivity index (χ0v) is 16.2. The molecule has 0 saturated carbocycles. The molecule has 1 aliphatic heterocycles. The van der Waals surface area contributed by atoms with Gasteiger partial charge >= 0.3 is 0 Å². The Hall–Kier alpha value is -2.34. The van der Waals surface area contributed by atoms with E-state index >= 15 is 0 Å². The standard InChI is InChI=1S/C20H23NO4S/c1-5-24-19-9-13-8-12(2)25-17(13)11-16(19)21-20(22)15-7-6-14(26-4)10-18(15)23-3/h6-7,9-12H,5,8H2,1-4H3,(H,21,22)/t12-/m0/s1. The van der Waals surface area contributed by atoms with Crippen LogP contribution in [0.4, 0.5) is 5.69 Å². The predicted molar refractivity (Wildman–Crippen MR) is 104 cm³/mol. The Morgan fingerprint density at radius 2 is 2.12 bits per heavy atom. The van der Waals surface area contributed by atoms with Crippen LogP contribution in [-0.2, 0) is 6.42 Å². The number of hydrogen-bond acceptors (Lipinski definition) is 5. The third-order valence-electron chi connectivity index (χ3n) is 4.20. The lowest BCUT2D eigenvalue weighted by atomic mass is 10.1. The van der Waals surface area contributed by atoms with Gasteiger partial charge in [0.2, 0.25) is 0 Å². The Balaban J connectivity index is 1.91. The SMILES string of the molecule is CCOc1cc2c(cc1NC(=O)c1ccc(SC)cc1OC)O[C@@H](C)C2. The van der Waals surface area contributed by atoms with Crippen molar-refractivity contribution < 1.29 is 19.0 Å². The second-order valence-corrected chi connectivity index (χ2v) is 6.92. The van der Waals surface area contributed by atoms with Crippen LogP contribution < -0.4 is 19.5 Å². The van der Waals surface area contributed by atoms with E-state index in [0.717, 1.165) is 22.6 Å². The summed E-state index contributed by atoms with van der Waals surface area (Å²) in [5.74, 6) is 1.73. The minimum Gasteiger partial charge on any atom is -0.496 e. The summed E-state index contributed by atoms with van der Waals surface area (Å²) in [5.41, 5.74) is 2.17. The number of hydrogen-bond donors (Lipinski definition) is 1. The van der Waals surface area contributed by atoms with E-state index < -0.39 is 0 Å². The van der Waals surface area contributed by atoms with Crippen molar-refractivity contribution in [3.05, 3.63) is 41.5 Å². The van der Waals surface area contributed by atoms with Crippen LogP contribution in [0.5, 0.6) is 17.2 Å². The molecule has 2 aromatic rings. The lowest BCUT2D eigenvalue weighted by Gasteiger charge is -2.15. The fraction of sp³-hybridized carbons (Fsp3) is 0.350. The summed E-state index contributed by atoms with van der Waals surface area (Å²) in [5, 5.41) is 2.94. The Morgan fingerprint density at radius 3 is 2.81 bits per heavy atom. The van der Waals surface area contributed by atoms with Gasteiger partial charge in [-0.15, -0.1) is 11.8 Å². The minimum absolute atomic E-state index is 0.129. The molecule has 6 heteroatoms. The molecule has 3 rings (SSSR count). The highest BCUT2D eigenvalue weighted by Gasteiger charge is 2.23. The van der Waals surface area contributed by atoms with Crippen molar-refractivity contribution in [3.8, 4) is 17.2 Å².